The fourth-order valence-electron chi connectivity index (χ4n) is 4.57. The first kappa shape index (κ1) is 21.5. The number of carbonyl (C=O) groups is 1. The van der Waals surface area contributed by atoms with Gasteiger partial charge in [0.25, 0.3) is 15.9 Å². The van der Waals surface area contributed by atoms with Crippen LogP contribution in [0.3, 0.4) is 0 Å². The van der Waals surface area contributed by atoms with Crippen molar-refractivity contribution in [3.8, 4) is 5.75 Å². The lowest BCUT2D eigenvalue weighted by Crippen LogP contribution is -2.51. The minimum absolute atomic E-state index is 0.0899. The molecule has 170 valence electrons. The number of nitrogens with zero attached hydrogens (tertiary/aromatic N) is 1. The van der Waals surface area contributed by atoms with Gasteiger partial charge in [-0.25, -0.2) is 8.42 Å². The Labute approximate surface area is 194 Å². The smallest absolute Gasteiger partial charge is 0.264 e. The molecule has 0 fully saturated rings. The van der Waals surface area contributed by atoms with Gasteiger partial charge in [-0.1, -0.05) is 54.1 Å². The van der Waals surface area contributed by atoms with Gasteiger partial charge < -0.3 is 10.1 Å². The van der Waals surface area contributed by atoms with Gasteiger partial charge in [-0.05, 0) is 61.6 Å². The SMILES string of the molecule is Cc1ccc(S(=O)(=O)N2CC(C(=O)NC3CCCc4ccccc43)Oc3ccccc32)cc1. The summed E-state index contributed by atoms with van der Waals surface area (Å²) in [6.07, 6.45) is 1.88. The lowest BCUT2D eigenvalue weighted by atomic mass is 9.87. The summed E-state index contributed by atoms with van der Waals surface area (Å²) >= 11 is 0. The molecule has 0 bridgehead atoms. The largest absolute Gasteiger partial charge is 0.476 e. The van der Waals surface area contributed by atoms with E-state index in [2.05, 4.69) is 11.4 Å². The lowest BCUT2D eigenvalue weighted by Gasteiger charge is -2.36. The number of fused-ring (bicyclic) bond motifs is 2. The summed E-state index contributed by atoms with van der Waals surface area (Å²) < 4.78 is 34.3. The standard InChI is InChI=1S/C26H26N2O4S/c1-18-13-15-20(16-14-18)33(30,31)28-17-25(32-24-12-5-4-11-23(24)28)26(29)27-22-10-6-8-19-7-2-3-9-21(19)22/h2-5,7,9,11-16,22,25H,6,8,10,17H2,1H3,(H,27,29). The molecule has 1 N–H and O–H groups in total. The second-order valence-electron chi connectivity index (χ2n) is 8.58. The number of hydrogen-bond acceptors (Lipinski definition) is 4. The number of sulfonamides is 1. The third kappa shape index (κ3) is 4.09. The van der Waals surface area contributed by atoms with Gasteiger partial charge in [0.05, 0.1) is 23.2 Å². The van der Waals surface area contributed by atoms with Crippen LogP contribution in [-0.4, -0.2) is 27.0 Å². The molecule has 2 aliphatic rings. The molecule has 2 unspecified atom stereocenters. The van der Waals surface area contributed by atoms with Crippen LogP contribution in [0.5, 0.6) is 5.75 Å². The number of amides is 1. The number of para-hydroxylation sites is 2. The number of hydrogen-bond donors (Lipinski definition) is 1. The van der Waals surface area contributed by atoms with Gasteiger partial charge in [-0.15, -0.1) is 0 Å². The minimum atomic E-state index is -3.87. The van der Waals surface area contributed by atoms with Gasteiger partial charge in [0.15, 0.2) is 6.10 Å². The van der Waals surface area contributed by atoms with E-state index in [1.54, 1.807) is 48.5 Å². The zero-order valence-corrected chi connectivity index (χ0v) is 19.2. The molecular formula is C26H26N2O4S. The van der Waals surface area contributed by atoms with E-state index in [-0.39, 0.29) is 23.4 Å². The zero-order chi connectivity index (χ0) is 23.0. The monoisotopic (exact) mass is 462 g/mol. The maximum Gasteiger partial charge on any atom is 0.264 e. The molecule has 5 rings (SSSR count). The van der Waals surface area contributed by atoms with Crippen molar-refractivity contribution in [2.75, 3.05) is 10.8 Å². The molecule has 0 radical (unpaired) electrons. The first-order valence-corrected chi connectivity index (χ1v) is 12.6. The summed E-state index contributed by atoms with van der Waals surface area (Å²) in [6, 6.07) is 21.7. The highest BCUT2D eigenvalue weighted by Gasteiger charge is 2.38. The van der Waals surface area contributed by atoms with Crippen molar-refractivity contribution in [1.29, 1.82) is 0 Å². The fraction of sp³-hybridized carbons (Fsp3) is 0.269. The predicted molar refractivity (Wildman–Crippen MR) is 127 cm³/mol. The quantitative estimate of drug-likeness (QED) is 0.632. The highest BCUT2D eigenvalue weighted by Crippen LogP contribution is 2.37. The van der Waals surface area contributed by atoms with Gasteiger partial charge in [0.1, 0.15) is 5.75 Å². The summed E-state index contributed by atoms with van der Waals surface area (Å²) in [5.41, 5.74) is 3.77. The van der Waals surface area contributed by atoms with Crippen molar-refractivity contribution in [2.45, 2.75) is 43.2 Å². The van der Waals surface area contributed by atoms with Gasteiger partial charge in [-0.3, -0.25) is 9.10 Å². The molecule has 3 aromatic carbocycles. The van der Waals surface area contributed by atoms with E-state index in [9.17, 15) is 13.2 Å². The van der Waals surface area contributed by atoms with Crippen molar-refractivity contribution in [1.82, 2.24) is 5.32 Å². The first-order valence-electron chi connectivity index (χ1n) is 11.2. The number of ether oxygens (including phenoxy) is 1. The van der Waals surface area contributed by atoms with E-state index in [0.717, 1.165) is 30.4 Å². The Morgan fingerprint density at radius 2 is 1.73 bits per heavy atom. The maximum absolute atomic E-state index is 13.5. The number of benzene rings is 3. The molecule has 0 spiro atoms. The Morgan fingerprint density at radius 1 is 1.00 bits per heavy atom. The first-order chi connectivity index (χ1) is 15.9. The molecule has 1 aliphatic carbocycles. The highest BCUT2D eigenvalue weighted by atomic mass is 32.2. The lowest BCUT2D eigenvalue weighted by molar-refractivity contribution is -0.128. The average Bonchev–Trinajstić information content (AvgIpc) is 2.84. The van der Waals surface area contributed by atoms with Crippen molar-refractivity contribution in [3.05, 3.63) is 89.5 Å². The Balaban J connectivity index is 1.44. The van der Waals surface area contributed by atoms with Crippen LogP contribution >= 0.6 is 0 Å². The van der Waals surface area contributed by atoms with Crippen molar-refractivity contribution >= 4 is 21.6 Å². The molecule has 33 heavy (non-hydrogen) atoms. The molecule has 3 aromatic rings. The summed E-state index contributed by atoms with van der Waals surface area (Å²) in [5, 5.41) is 3.11. The van der Waals surface area contributed by atoms with Crippen LogP contribution in [0.1, 0.15) is 35.6 Å². The summed E-state index contributed by atoms with van der Waals surface area (Å²) in [5.74, 6) is 0.0685. The van der Waals surface area contributed by atoms with Crippen LogP contribution in [0.2, 0.25) is 0 Å². The Hall–Kier alpha value is -3.32. The number of rotatable bonds is 4. The molecule has 1 amide bonds. The number of nitrogens with one attached hydrogen (secondary N) is 1. The van der Waals surface area contributed by atoms with E-state index >= 15 is 0 Å². The molecule has 1 aliphatic heterocycles. The highest BCUT2D eigenvalue weighted by molar-refractivity contribution is 7.92. The second kappa shape index (κ2) is 8.56. The molecule has 6 nitrogen and oxygen atoms in total. The van der Waals surface area contributed by atoms with E-state index in [4.69, 9.17) is 4.74 Å². The van der Waals surface area contributed by atoms with Gasteiger partial charge in [0.2, 0.25) is 0 Å². The van der Waals surface area contributed by atoms with Crippen LogP contribution in [0, 0.1) is 6.92 Å². The van der Waals surface area contributed by atoms with E-state index in [1.165, 1.54) is 9.87 Å². The van der Waals surface area contributed by atoms with Crippen LogP contribution in [0.4, 0.5) is 5.69 Å². The normalized spacial score (nSPS) is 19.7. The zero-order valence-electron chi connectivity index (χ0n) is 18.4. The van der Waals surface area contributed by atoms with E-state index in [1.807, 2.05) is 25.1 Å². The number of carbonyl (C=O) groups excluding carboxylic acids is 1. The molecule has 1 heterocycles. The third-order valence-corrected chi connectivity index (χ3v) is 8.12. The van der Waals surface area contributed by atoms with Gasteiger partial charge >= 0.3 is 0 Å². The number of anilines is 1. The van der Waals surface area contributed by atoms with Gasteiger partial charge in [-0.2, -0.15) is 0 Å². The molecule has 0 saturated carbocycles. The predicted octanol–water partition coefficient (Wildman–Crippen LogP) is 4.15. The van der Waals surface area contributed by atoms with Crippen molar-refractivity contribution in [2.24, 2.45) is 0 Å². The number of aryl methyl sites for hydroxylation is 2. The summed E-state index contributed by atoms with van der Waals surface area (Å²) in [4.78, 5) is 13.5. The Morgan fingerprint density at radius 3 is 2.55 bits per heavy atom. The van der Waals surface area contributed by atoms with Crippen LogP contribution in [-0.2, 0) is 21.2 Å². The molecule has 2 atom stereocenters. The molecule has 0 aromatic heterocycles. The topological polar surface area (TPSA) is 75.7 Å². The average molecular weight is 463 g/mol. The van der Waals surface area contributed by atoms with Crippen LogP contribution in [0.25, 0.3) is 0 Å². The Bertz CT molecular complexity index is 1290. The van der Waals surface area contributed by atoms with E-state index in [0.29, 0.717) is 11.4 Å². The van der Waals surface area contributed by atoms with Crippen LogP contribution in [0.15, 0.2) is 77.7 Å². The molecule has 0 saturated heterocycles. The van der Waals surface area contributed by atoms with Crippen molar-refractivity contribution < 1.29 is 17.9 Å². The fourth-order valence-corrected chi connectivity index (χ4v) is 6.05. The minimum Gasteiger partial charge on any atom is -0.476 e. The maximum atomic E-state index is 13.5. The second-order valence-corrected chi connectivity index (χ2v) is 10.4. The van der Waals surface area contributed by atoms with Gasteiger partial charge in [0, 0.05) is 0 Å². The van der Waals surface area contributed by atoms with Crippen LogP contribution < -0.4 is 14.4 Å². The molecular weight excluding hydrogens is 436 g/mol. The summed E-state index contributed by atoms with van der Waals surface area (Å²) in [6.45, 7) is 1.82. The van der Waals surface area contributed by atoms with E-state index < -0.39 is 16.1 Å². The summed E-state index contributed by atoms with van der Waals surface area (Å²) in [7, 11) is -3.87. The van der Waals surface area contributed by atoms with Crippen molar-refractivity contribution in [3.63, 3.8) is 0 Å². The Kier molecular flexibility index (Phi) is 5.58. The third-order valence-electron chi connectivity index (χ3n) is 6.32. The molecule has 7 heteroatoms.